The molecule has 0 unspecified atom stereocenters. The van der Waals surface area contributed by atoms with Crippen LogP contribution in [-0.2, 0) is 14.5 Å². The summed E-state index contributed by atoms with van der Waals surface area (Å²) in [5.41, 5.74) is -1.74. The number of Topliss-reactive ketones (excluding diaryl/α,β-unsaturated/α-hetero) is 1. The molecule has 0 radical (unpaired) electrons. The van der Waals surface area contributed by atoms with Gasteiger partial charge in [-0.3, -0.25) is 4.79 Å². The standard InChI is InChI=1S/C19H23N3O3S/c1-16(2)13(23)17(3,4)19(16)22-15(25)20(12-10-8-7-9-11-12)14(24)21(22)18(5,6)26-19/h7-11H,1-6H3. The third-order valence-corrected chi connectivity index (χ3v) is 8.16. The molecular formula is C19H23N3O3S. The molecule has 1 saturated carbocycles. The first-order chi connectivity index (χ1) is 11.9. The molecule has 6 nitrogen and oxygen atoms in total. The van der Waals surface area contributed by atoms with Crippen LogP contribution in [0.25, 0.3) is 5.69 Å². The zero-order valence-electron chi connectivity index (χ0n) is 15.9. The van der Waals surface area contributed by atoms with E-state index in [0.29, 0.717) is 5.69 Å². The predicted molar refractivity (Wildman–Crippen MR) is 102 cm³/mol. The molecule has 138 valence electrons. The summed E-state index contributed by atoms with van der Waals surface area (Å²) in [4.78, 5) is 38.1. The van der Waals surface area contributed by atoms with Gasteiger partial charge in [0.05, 0.1) is 16.5 Å². The maximum atomic E-state index is 13.4. The minimum absolute atomic E-state index is 0.105. The van der Waals surface area contributed by atoms with Gasteiger partial charge in [-0.25, -0.2) is 23.5 Å². The second-order valence-corrected chi connectivity index (χ2v) is 10.4. The fourth-order valence-corrected chi connectivity index (χ4v) is 6.94. The molecule has 1 fully saturated rings. The van der Waals surface area contributed by atoms with Crippen LogP contribution in [0.3, 0.4) is 0 Å². The van der Waals surface area contributed by atoms with E-state index in [1.807, 2.05) is 47.6 Å². The van der Waals surface area contributed by atoms with Crippen LogP contribution < -0.4 is 11.4 Å². The monoisotopic (exact) mass is 373 g/mol. The number of hydrogen-bond donors (Lipinski definition) is 0. The van der Waals surface area contributed by atoms with E-state index in [-0.39, 0.29) is 11.5 Å². The number of para-hydroxylation sites is 1. The Kier molecular flexibility index (Phi) is 3.10. The quantitative estimate of drug-likeness (QED) is 0.770. The van der Waals surface area contributed by atoms with Gasteiger partial charge in [0.2, 0.25) is 0 Å². The lowest BCUT2D eigenvalue weighted by Gasteiger charge is -2.62. The van der Waals surface area contributed by atoms with E-state index in [4.69, 9.17) is 0 Å². The lowest BCUT2D eigenvalue weighted by atomic mass is 9.50. The first-order valence-electron chi connectivity index (χ1n) is 8.70. The third-order valence-electron chi connectivity index (χ3n) is 5.99. The van der Waals surface area contributed by atoms with Gasteiger partial charge in [0.15, 0.2) is 5.78 Å². The van der Waals surface area contributed by atoms with E-state index >= 15 is 0 Å². The van der Waals surface area contributed by atoms with Crippen LogP contribution >= 0.6 is 11.8 Å². The largest absolute Gasteiger partial charge is 0.353 e. The first-order valence-corrected chi connectivity index (χ1v) is 9.51. The smallest absolute Gasteiger partial charge is 0.298 e. The molecule has 2 aromatic rings. The van der Waals surface area contributed by atoms with Crippen LogP contribution in [0.5, 0.6) is 0 Å². The average Bonchev–Trinajstić information content (AvgIpc) is 2.99. The van der Waals surface area contributed by atoms with Gasteiger partial charge in [0.1, 0.15) is 9.74 Å². The summed E-state index contributed by atoms with van der Waals surface area (Å²) in [6.45, 7) is 11.3. The summed E-state index contributed by atoms with van der Waals surface area (Å²) in [6.07, 6.45) is 0. The van der Waals surface area contributed by atoms with E-state index in [2.05, 4.69) is 0 Å². The first kappa shape index (κ1) is 17.4. The topological polar surface area (TPSA) is 66.0 Å². The van der Waals surface area contributed by atoms with Gasteiger partial charge in [0.25, 0.3) is 0 Å². The number of ketones is 1. The third kappa shape index (κ3) is 1.59. The predicted octanol–water partition coefficient (Wildman–Crippen LogP) is 2.53. The van der Waals surface area contributed by atoms with Gasteiger partial charge in [-0.15, -0.1) is 0 Å². The van der Waals surface area contributed by atoms with E-state index < -0.39 is 26.3 Å². The van der Waals surface area contributed by atoms with Crippen LogP contribution in [0.15, 0.2) is 39.9 Å². The Bertz CT molecular complexity index is 1040. The van der Waals surface area contributed by atoms with Gasteiger partial charge in [-0.05, 0) is 53.7 Å². The molecule has 0 saturated heterocycles. The Morgan fingerprint density at radius 1 is 0.769 bits per heavy atom. The Hall–Kier alpha value is -2.02. The van der Waals surface area contributed by atoms with E-state index in [1.54, 1.807) is 28.9 Å². The molecule has 1 aromatic carbocycles. The number of fused-ring (bicyclic) bond motifs is 2. The molecule has 0 bridgehead atoms. The van der Waals surface area contributed by atoms with Crippen molar-refractivity contribution in [3.63, 3.8) is 0 Å². The van der Waals surface area contributed by atoms with Crippen molar-refractivity contribution in [2.45, 2.75) is 51.3 Å². The molecule has 1 aliphatic heterocycles. The second-order valence-electron chi connectivity index (χ2n) is 8.63. The Morgan fingerprint density at radius 2 is 1.27 bits per heavy atom. The van der Waals surface area contributed by atoms with Gasteiger partial charge in [-0.2, -0.15) is 0 Å². The van der Waals surface area contributed by atoms with E-state index in [1.165, 1.54) is 21.0 Å². The summed E-state index contributed by atoms with van der Waals surface area (Å²) in [5.74, 6) is 0.105. The highest BCUT2D eigenvalue weighted by Crippen LogP contribution is 2.72. The zero-order chi connectivity index (χ0) is 19.3. The van der Waals surface area contributed by atoms with E-state index in [0.717, 1.165) is 0 Å². The maximum absolute atomic E-state index is 13.4. The molecule has 1 aromatic heterocycles. The Labute approximate surface area is 155 Å². The van der Waals surface area contributed by atoms with Crippen molar-refractivity contribution in [3.8, 4) is 5.69 Å². The molecule has 0 amide bonds. The molecule has 7 heteroatoms. The Balaban J connectivity index is 2.13. The van der Waals surface area contributed by atoms with Gasteiger partial charge in [0, 0.05) is 0 Å². The highest BCUT2D eigenvalue weighted by atomic mass is 32.2. The van der Waals surface area contributed by atoms with Crippen molar-refractivity contribution in [1.29, 1.82) is 0 Å². The fourth-order valence-electron chi connectivity index (χ4n) is 5.03. The van der Waals surface area contributed by atoms with Gasteiger partial charge >= 0.3 is 11.4 Å². The zero-order valence-corrected chi connectivity index (χ0v) is 16.7. The molecule has 0 N–H and O–H groups in total. The highest BCUT2D eigenvalue weighted by Gasteiger charge is 2.79. The maximum Gasteiger partial charge on any atom is 0.353 e. The highest BCUT2D eigenvalue weighted by molar-refractivity contribution is 8.01. The normalized spacial score (nSPS) is 23.7. The van der Waals surface area contributed by atoms with Gasteiger partial charge < -0.3 is 0 Å². The number of benzene rings is 1. The number of aromatic nitrogens is 3. The Morgan fingerprint density at radius 3 is 1.81 bits per heavy atom. The lowest BCUT2D eigenvalue weighted by molar-refractivity contribution is -0.170. The van der Waals surface area contributed by atoms with Crippen molar-refractivity contribution in [2.24, 2.45) is 10.8 Å². The molecule has 2 aliphatic rings. The van der Waals surface area contributed by atoms with Crippen LogP contribution in [0.4, 0.5) is 0 Å². The number of hydrogen-bond acceptors (Lipinski definition) is 4. The molecule has 4 rings (SSSR count). The minimum Gasteiger partial charge on any atom is -0.298 e. The van der Waals surface area contributed by atoms with Crippen molar-refractivity contribution < 1.29 is 4.79 Å². The van der Waals surface area contributed by atoms with Crippen LogP contribution in [0, 0.1) is 10.8 Å². The second kappa shape index (κ2) is 4.63. The number of rotatable bonds is 1. The molecular weight excluding hydrogens is 350 g/mol. The SMILES string of the molecule is CC1(C)SC2(n3c(=O)n(-c4ccccc4)c(=O)n31)C(C)(C)C(=O)C2(C)C. The fraction of sp³-hybridized carbons (Fsp3) is 0.526. The molecule has 0 atom stereocenters. The summed E-state index contributed by atoms with van der Waals surface area (Å²) in [7, 11) is 0. The number of carbonyl (C=O) groups excluding carboxylic acids is 1. The van der Waals surface area contributed by atoms with Gasteiger partial charge in [-0.1, -0.05) is 30.0 Å². The number of nitrogens with zero attached hydrogens (tertiary/aromatic N) is 3. The summed E-state index contributed by atoms with van der Waals surface area (Å²) in [5, 5.41) is 0. The van der Waals surface area contributed by atoms with Crippen molar-refractivity contribution in [1.82, 2.24) is 13.9 Å². The van der Waals surface area contributed by atoms with Crippen LogP contribution in [0.2, 0.25) is 0 Å². The van der Waals surface area contributed by atoms with Crippen molar-refractivity contribution >= 4 is 17.5 Å². The summed E-state index contributed by atoms with van der Waals surface area (Å²) in [6, 6.07) is 8.92. The summed E-state index contributed by atoms with van der Waals surface area (Å²) < 4.78 is 4.29. The minimum atomic E-state index is -0.809. The number of carbonyl (C=O) groups is 1. The lowest BCUT2D eigenvalue weighted by Crippen LogP contribution is -2.73. The summed E-state index contributed by atoms with van der Waals surface area (Å²) >= 11 is 1.53. The molecule has 26 heavy (non-hydrogen) atoms. The van der Waals surface area contributed by atoms with Crippen molar-refractivity contribution in [3.05, 3.63) is 51.3 Å². The van der Waals surface area contributed by atoms with Crippen LogP contribution in [0.1, 0.15) is 41.5 Å². The molecule has 1 spiro atoms. The average molecular weight is 373 g/mol. The van der Waals surface area contributed by atoms with Crippen molar-refractivity contribution in [2.75, 3.05) is 0 Å². The molecule has 2 heterocycles. The van der Waals surface area contributed by atoms with Crippen LogP contribution in [-0.4, -0.2) is 19.7 Å². The molecule has 1 aliphatic carbocycles. The van der Waals surface area contributed by atoms with E-state index in [9.17, 15) is 14.4 Å². The number of thioether (sulfide) groups is 1.